The van der Waals surface area contributed by atoms with Crippen molar-refractivity contribution >= 4 is 14.3 Å². The van der Waals surface area contributed by atoms with Gasteiger partial charge >= 0.3 is 5.97 Å². The number of allylic oxidation sites excluding steroid dienone is 3. The molecule has 0 aromatic rings. The van der Waals surface area contributed by atoms with Crippen LogP contribution in [0, 0.1) is 5.92 Å². The number of esters is 1. The topological polar surface area (TPSA) is 35.5 Å². The van der Waals surface area contributed by atoms with Crippen LogP contribution in [0.25, 0.3) is 0 Å². The zero-order chi connectivity index (χ0) is 16.8. The molecular weight excluding hydrogens is 292 g/mol. The van der Waals surface area contributed by atoms with E-state index in [1.807, 2.05) is 6.92 Å². The highest BCUT2D eigenvalue weighted by Gasteiger charge is 2.39. The average Bonchev–Trinajstić information content (AvgIpc) is 2.60. The summed E-state index contributed by atoms with van der Waals surface area (Å²) in [5, 5.41) is 0.209. The second kappa shape index (κ2) is 8.11. The minimum Gasteiger partial charge on any atom is -0.466 e. The summed E-state index contributed by atoms with van der Waals surface area (Å²) in [5.41, 5.74) is 0. The van der Waals surface area contributed by atoms with Gasteiger partial charge in [-0.3, -0.25) is 4.79 Å². The average molecular weight is 325 g/mol. The van der Waals surface area contributed by atoms with Gasteiger partial charge in [-0.05, 0) is 43.8 Å². The third-order valence-corrected chi connectivity index (χ3v) is 9.14. The van der Waals surface area contributed by atoms with Crippen LogP contribution in [0.1, 0.15) is 47.0 Å². The number of carbonyl (C=O) groups excluding carboxylic acids is 1. The molecule has 0 bridgehead atoms. The second-order valence-electron chi connectivity index (χ2n) is 7.53. The Morgan fingerprint density at radius 3 is 2.45 bits per heavy atom. The van der Waals surface area contributed by atoms with E-state index >= 15 is 0 Å². The van der Waals surface area contributed by atoms with Gasteiger partial charge in [0.15, 0.2) is 8.32 Å². The first-order chi connectivity index (χ1) is 10.2. The lowest BCUT2D eigenvalue weighted by Gasteiger charge is -2.39. The van der Waals surface area contributed by atoms with Crippen molar-refractivity contribution in [3.05, 3.63) is 24.3 Å². The molecular formula is C18H32O3Si. The smallest absolute Gasteiger partial charge is 0.305 e. The van der Waals surface area contributed by atoms with Crippen LogP contribution in [0.4, 0.5) is 0 Å². The van der Waals surface area contributed by atoms with Gasteiger partial charge in [0, 0.05) is 6.42 Å². The molecule has 1 rings (SSSR count). The molecule has 0 unspecified atom stereocenters. The molecule has 0 aliphatic heterocycles. The fourth-order valence-electron chi connectivity index (χ4n) is 2.26. The number of rotatable bonds is 6. The summed E-state index contributed by atoms with van der Waals surface area (Å²) in [6.07, 6.45) is 10.9. The molecule has 22 heavy (non-hydrogen) atoms. The molecule has 0 amide bonds. The van der Waals surface area contributed by atoms with Crippen LogP contribution in [-0.2, 0) is 14.0 Å². The summed E-state index contributed by atoms with van der Waals surface area (Å²) in [6.45, 7) is 13.6. The van der Waals surface area contributed by atoms with Crippen molar-refractivity contribution in [2.45, 2.75) is 71.2 Å². The Morgan fingerprint density at radius 1 is 1.23 bits per heavy atom. The van der Waals surface area contributed by atoms with Crippen LogP contribution < -0.4 is 0 Å². The first-order valence-electron chi connectivity index (χ1n) is 8.34. The van der Waals surface area contributed by atoms with Gasteiger partial charge in [-0.15, -0.1) is 0 Å². The molecule has 0 N–H and O–H groups in total. The first kappa shape index (κ1) is 19.2. The lowest BCUT2D eigenvalue weighted by atomic mass is 9.97. The molecule has 3 nitrogen and oxygen atoms in total. The van der Waals surface area contributed by atoms with Gasteiger partial charge in [0.1, 0.15) is 0 Å². The van der Waals surface area contributed by atoms with Crippen LogP contribution in [-0.4, -0.2) is 27.0 Å². The zero-order valence-electron chi connectivity index (χ0n) is 15.0. The zero-order valence-corrected chi connectivity index (χ0v) is 16.0. The largest absolute Gasteiger partial charge is 0.466 e. The van der Waals surface area contributed by atoms with Crippen molar-refractivity contribution < 1.29 is 14.0 Å². The van der Waals surface area contributed by atoms with Crippen LogP contribution in [0.2, 0.25) is 18.1 Å². The number of ether oxygens (including phenoxy) is 1. The van der Waals surface area contributed by atoms with E-state index in [2.05, 4.69) is 58.2 Å². The summed E-state index contributed by atoms with van der Waals surface area (Å²) >= 11 is 0. The highest BCUT2D eigenvalue weighted by molar-refractivity contribution is 6.74. The lowest BCUT2D eigenvalue weighted by Crippen LogP contribution is -2.43. The van der Waals surface area contributed by atoms with Gasteiger partial charge in [0.05, 0.1) is 12.7 Å². The van der Waals surface area contributed by atoms with Crippen molar-refractivity contribution in [2.24, 2.45) is 5.92 Å². The van der Waals surface area contributed by atoms with E-state index in [9.17, 15) is 4.79 Å². The molecule has 0 spiro atoms. The van der Waals surface area contributed by atoms with Crippen molar-refractivity contribution in [3.63, 3.8) is 0 Å². The van der Waals surface area contributed by atoms with E-state index in [1.54, 1.807) is 0 Å². The highest BCUT2D eigenvalue weighted by Crippen LogP contribution is 2.38. The van der Waals surface area contributed by atoms with Crippen molar-refractivity contribution in [1.82, 2.24) is 0 Å². The minimum atomic E-state index is -1.77. The third-order valence-electron chi connectivity index (χ3n) is 4.63. The summed E-state index contributed by atoms with van der Waals surface area (Å²) in [7, 11) is -1.77. The standard InChI is InChI=1S/C18H32O3Si/c1-7-20-17(19)13-12-15-10-8-9-11-16(14-15)21-22(5,6)18(2,3)4/h8-11,15-16H,7,12-14H2,1-6H3/t15-,16+/m0/s1. The maximum Gasteiger partial charge on any atom is 0.305 e. The minimum absolute atomic E-state index is 0.102. The van der Waals surface area contributed by atoms with Crippen LogP contribution >= 0.6 is 0 Å². The molecule has 0 saturated heterocycles. The van der Waals surface area contributed by atoms with Crippen molar-refractivity contribution in [2.75, 3.05) is 6.61 Å². The van der Waals surface area contributed by atoms with E-state index in [1.165, 1.54) is 0 Å². The fraction of sp³-hybridized carbons (Fsp3) is 0.722. The quantitative estimate of drug-likeness (QED) is 0.517. The Balaban J connectivity index is 2.59. The predicted molar refractivity (Wildman–Crippen MR) is 94.3 cm³/mol. The van der Waals surface area contributed by atoms with E-state index in [0.717, 1.165) is 12.8 Å². The monoisotopic (exact) mass is 324 g/mol. The number of hydrogen-bond donors (Lipinski definition) is 0. The normalized spacial score (nSPS) is 22.5. The highest BCUT2D eigenvalue weighted by atomic mass is 28.4. The number of hydrogen-bond acceptors (Lipinski definition) is 3. The van der Waals surface area contributed by atoms with E-state index in [-0.39, 0.29) is 17.1 Å². The number of carbonyl (C=O) groups is 1. The van der Waals surface area contributed by atoms with E-state index in [0.29, 0.717) is 18.9 Å². The van der Waals surface area contributed by atoms with Crippen molar-refractivity contribution in [1.29, 1.82) is 0 Å². The van der Waals surface area contributed by atoms with E-state index < -0.39 is 8.32 Å². The Bertz CT molecular complexity index is 419. The van der Waals surface area contributed by atoms with Crippen LogP contribution in [0.15, 0.2) is 24.3 Å². The Hall–Kier alpha value is -0.873. The second-order valence-corrected chi connectivity index (χ2v) is 12.3. The molecule has 2 atom stereocenters. The molecule has 1 aliphatic rings. The van der Waals surface area contributed by atoms with Gasteiger partial charge in [-0.2, -0.15) is 0 Å². The Morgan fingerprint density at radius 2 is 1.86 bits per heavy atom. The third kappa shape index (κ3) is 6.09. The Kier molecular flexibility index (Phi) is 7.07. The SMILES string of the molecule is CCOC(=O)CC[C@@H]1C=CC=C[C@@H](O[Si](C)(C)C(C)(C)C)C1. The molecule has 126 valence electrons. The summed E-state index contributed by atoms with van der Waals surface area (Å²) < 4.78 is 11.5. The van der Waals surface area contributed by atoms with Gasteiger partial charge in [0.25, 0.3) is 0 Å². The summed E-state index contributed by atoms with van der Waals surface area (Å²) in [4.78, 5) is 11.5. The fourth-order valence-corrected chi connectivity index (χ4v) is 3.54. The van der Waals surface area contributed by atoms with Gasteiger partial charge in [0.2, 0.25) is 0 Å². The van der Waals surface area contributed by atoms with Crippen molar-refractivity contribution in [3.8, 4) is 0 Å². The molecule has 0 aromatic carbocycles. The molecule has 0 heterocycles. The van der Waals surface area contributed by atoms with Gasteiger partial charge < -0.3 is 9.16 Å². The molecule has 1 aliphatic carbocycles. The summed E-state index contributed by atoms with van der Waals surface area (Å²) in [6, 6.07) is 0. The predicted octanol–water partition coefficient (Wildman–Crippen LogP) is 4.85. The maximum absolute atomic E-state index is 11.5. The summed E-state index contributed by atoms with van der Waals surface area (Å²) in [5.74, 6) is 0.268. The van der Waals surface area contributed by atoms with E-state index in [4.69, 9.17) is 9.16 Å². The Labute approximate surface area is 136 Å². The molecule has 0 saturated carbocycles. The van der Waals surface area contributed by atoms with Gasteiger partial charge in [-0.1, -0.05) is 45.1 Å². The molecule has 0 aromatic heterocycles. The maximum atomic E-state index is 11.5. The van der Waals surface area contributed by atoms with Crippen LogP contribution in [0.3, 0.4) is 0 Å². The molecule has 0 radical (unpaired) electrons. The van der Waals surface area contributed by atoms with Crippen LogP contribution in [0.5, 0.6) is 0 Å². The molecule has 0 fully saturated rings. The molecule has 4 heteroatoms. The lowest BCUT2D eigenvalue weighted by molar-refractivity contribution is -0.143. The van der Waals surface area contributed by atoms with Gasteiger partial charge in [-0.25, -0.2) is 0 Å². The first-order valence-corrected chi connectivity index (χ1v) is 11.2.